The van der Waals surface area contributed by atoms with Crippen LogP contribution in [0.1, 0.15) is 49.8 Å². The van der Waals surface area contributed by atoms with E-state index in [4.69, 9.17) is 4.74 Å². The zero-order valence-electron chi connectivity index (χ0n) is 23.4. The Morgan fingerprint density at radius 2 is 1.66 bits per heavy atom. The quantitative estimate of drug-likeness (QED) is 0.222. The van der Waals surface area contributed by atoms with Crippen LogP contribution in [0.3, 0.4) is 0 Å². The summed E-state index contributed by atoms with van der Waals surface area (Å²) in [5.74, 6) is 1.08. The topological polar surface area (TPSA) is 14.2 Å². The molecular weight excluding hydrogens is 498 g/mol. The lowest BCUT2D eigenvalue weighted by molar-refractivity contribution is 0.178. The summed E-state index contributed by atoms with van der Waals surface area (Å²) in [6.45, 7) is 4.82. The molecule has 2 heterocycles. The summed E-state index contributed by atoms with van der Waals surface area (Å²) in [6, 6.07) is 31.3. The van der Waals surface area contributed by atoms with E-state index in [-0.39, 0.29) is 11.5 Å². The van der Waals surface area contributed by atoms with Crippen molar-refractivity contribution in [3.63, 3.8) is 0 Å². The van der Waals surface area contributed by atoms with Gasteiger partial charge in [0.2, 0.25) is 0 Å². The van der Waals surface area contributed by atoms with Crippen LogP contribution in [0.25, 0.3) is 44.2 Å². The molecule has 5 aromatic rings. The van der Waals surface area contributed by atoms with Crippen molar-refractivity contribution >= 4 is 27.4 Å². The first-order chi connectivity index (χ1) is 20.1. The fourth-order valence-corrected chi connectivity index (χ4v) is 7.95. The third kappa shape index (κ3) is 3.08. The highest BCUT2D eigenvalue weighted by atomic mass is 16.5. The van der Waals surface area contributed by atoms with Gasteiger partial charge in [0.1, 0.15) is 11.9 Å². The summed E-state index contributed by atoms with van der Waals surface area (Å²) in [4.78, 5) is 0. The Kier molecular flexibility index (Phi) is 4.66. The maximum absolute atomic E-state index is 6.39. The fourth-order valence-electron chi connectivity index (χ4n) is 7.95. The van der Waals surface area contributed by atoms with E-state index < -0.39 is 0 Å². The largest absolute Gasteiger partial charge is 0.485 e. The van der Waals surface area contributed by atoms with Crippen molar-refractivity contribution in [3.8, 4) is 16.8 Å². The van der Waals surface area contributed by atoms with E-state index in [1.807, 2.05) is 0 Å². The van der Waals surface area contributed by atoms with Gasteiger partial charge < -0.3 is 9.30 Å². The molecule has 198 valence electrons. The van der Waals surface area contributed by atoms with Gasteiger partial charge in [-0.1, -0.05) is 86.7 Å². The van der Waals surface area contributed by atoms with Crippen molar-refractivity contribution < 1.29 is 4.74 Å². The van der Waals surface area contributed by atoms with E-state index >= 15 is 0 Å². The summed E-state index contributed by atoms with van der Waals surface area (Å²) in [5, 5.41) is 2.61. The van der Waals surface area contributed by atoms with Crippen molar-refractivity contribution in [1.82, 2.24) is 4.57 Å². The zero-order chi connectivity index (χ0) is 27.3. The van der Waals surface area contributed by atoms with Crippen molar-refractivity contribution in [2.45, 2.75) is 44.6 Å². The van der Waals surface area contributed by atoms with Gasteiger partial charge in [0.05, 0.1) is 11.0 Å². The highest BCUT2D eigenvalue weighted by Gasteiger charge is 2.41. The summed E-state index contributed by atoms with van der Waals surface area (Å²) >= 11 is 0. The van der Waals surface area contributed by atoms with Crippen LogP contribution in [0.5, 0.6) is 0 Å². The molecule has 2 heteroatoms. The van der Waals surface area contributed by atoms with Crippen LogP contribution in [0.15, 0.2) is 126 Å². The van der Waals surface area contributed by atoms with Gasteiger partial charge in [-0.3, -0.25) is 0 Å². The minimum atomic E-state index is -0.131. The van der Waals surface area contributed by atoms with Gasteiger partial charge in [-0.05, 0) is 77.1 Å². The normalized spacial score (nSPS) is 19.9. The molecule has 0 fully saturated rings. The van der Waals surface area contributed by atoms with Crippen LogP contribution < -0.4 is 0 Å². The summed E-state index contributed by atoms with van der Waals surface area (Å²) in [5.41, 5.74) is 14.7. The first-order valence-electron chi connectivity index (χ1n) is 14.9. The minimum Gasteiger partial charge on any atom is -0.485 e. The Hall–Kier alpha value is -4.56. The molecule has 0 saturated carbocycles. The van der Waals surface area contributed by atoms with Gasteiger partial charge >= 0.3 is 0 Å². The molecule has 0 saturated heterocycles. The standard InChI is InChI=1S/C39H31NO/c1-39(2)32-17-9-6-16-28(32)36-37(39)29(24-20-21-35-30(22-24)27-15-8-11-19-34(27)41-35)23-31-26-14-7-10-18-33(26)40(38(31)36)25-12-4-3-5-13-25/h3-7,9-14,16-20,22-23,35H,8,15,21H2,1-2H3. The van der Waals surface area contributed by atoms with Crippen LogP contribution in [-0.2, 0) is 10.2 Å². The molecule has 41 heavy (non-hydrogen) atoms. The van der Waals surface area contributed by atoms with Crippen LogP contribution in [0, 0.1) is 0 Å². The summed E-state index contributed by atoms with van der Waals surface area (Å²) < 4.78 is 8.89. The number of hydrogen-bond acceptors (Lipinski definition) is 1. The third-order valence-electron chi connectivity index (χ3n) is 9.73. The Bertz CT molecular complexity index is 2060. The molecule has 0 N–H and O–H groups in total. The molecule has 2 nitrogen and oxygen atoms in total. The Balaban J connectivity index is 1.41. The highest BCUT2D eigenvalue weighted by Crippen LogP contribution is 2.56. The second kappa shape index (κ2) is 8.24. The molecule has 1 aliphatic heterocycles. The Morgan fingerprint density at radius 1 is 0.854 bits per heavy atom. The first-order valence-corrected chi connectivity index (χ1v) is 14.9. The Morgan fingerprint density at radius 3 is 2.56 bits per heavy atom. The van der Waals surface area contributed by atoms with Crippen molar-refractivity contribution in [2.24, 2.45) is 0 Å². The van der Waals surface area contributed by atoms with E-state index in [0.717, 1.165) is 25.0 Å². The van der Waals surface area contributed by atoms with Crippen LogP contribution >= 0.6 is 0 Å². The van der Waals surface area contributed by atoms with Crippen molar-refractivity contribution in [2.75, 3.05) is 0 Å². The molecular formula is C39H31NO. The van der Waals surface area contributed by atoms with E-state index in [9.17, 15) is 0 Å². The van der Waals surface area contributed by atoms with Crippen LogP contribution in [-0.4, -0.2) is 10.7 Å². The second-order valence-corrected chi connectivity index (χ2v) is 12.3. The number of allylic oxidation sites excluding steroid dienone is 4. The maximum atomic E-state index is 6.39. The molecule has 3 aliphatic carbocycles. The second-order valence-electron chi connectivity index (χ2n) is 12.3. The highest BCUT2D eigenvalue weighted by molar-refractivity contribution is 6.17. The molecule has 0 radical (unpaired) electrons. The van der Waals surface area contributed by atoms with Gasteiger partial charge in [-0.25, -0.2) is 0 Å². The van der Waals surface area contributed by atoms with Crippen molar-refractivity contribution in [1.29, 1.82) is 0 Å². The number of benzene rings is 4. The fraction of sp³-hybridized carbons (Fsp3) is 0.179. The number of hydrogen-bond donors (Lipinski definition) is 0. The first kappa shape index (κ1) is 23.2. The lowest BCUT2D eigenvalue weighted by Gasteiger charge is -2.27. The average molecular weight is 530 g/mol. The van der Waals surface area contributed by atoms with Gasteiger partial charge in [0.25, 0.3) is 0 Å². The molecule has 1 aromatic heterocycles. The zero-order valence-corrected chi connectivity index (χ0v) is 23.4. The number of nitrogens with zero attached hydrogens (tertiary/aromatic N) is 1. The molecule has 0 amide bonds. The van der Waals surface area contributed by atoms with Crippen molar-refractivity contribution in [3.05, 3.63) is 143 Å². The predicted octanol–water partition coefficient (Wildman–Crippen LogP) is 9.81. The smallest absolute Gasteiger partial charge is 0.128 e. The number of fused-ring (bicyclic) bond motifs is 9. The maximum Gasteiger partial charge on any atom is 0.128 e. The SMILES string of the molecule is CC1(C)c2ccccc2-c2c1c(C1=CCC3OC4=C(CCC=C4)C3=C1)cc1c3ccccc3n(-c3ccccc3)c21. The molecule has 0 spiro atoms. The molecule has 4 aliphatic rings. The number of ether oxygens (including phenoxy) is 1. The van der Waals surface area contributed by atoms with E-state index in [2.05, 4.69) is 128 Å². The van der Waals surface area contributed by atoms with E-state index in [1.54, 1.807) is 0 Å². The Labute approximate surface area is 240 Å². The lowest BCUT2D eigenvalue weighted by atomic mass is 9.76. The summed E-state index contributed by atoms with van der Waals surface area (Å²) in [6.07, 6.45) is 12.5. The molecule has 1 atom stereocenters. The number of aromatic nitrogens is 1. The van der Waals surface area contributed by atoms with Crippen LogP contribution in [0.2, 0.25) is 0 Å². The molecule has 9 rings (SSSR count). The summed E-state index contributed by atoms with van der Waals surface area (Å²) in [7, 11) is 0. The molecule has 4 aromatic carbocycles. The lowest BCUT2D eigenvalue weighted by Crippen LogP contribution is -2.18. The monoisotopic (exact) mass is 529 g/mol. The third-order valence-corrected chi connectivity index (χ3v) is 9.73. The van der Waals surface area contributed by atoms with Gasteiger partial charge in [0, 0.05) is 45.0 Å². The van der Waals surface area contributed by atoms with Crippen LogP contribution in [0.4, 0.5) is 0 Å². The van der Waals surface area contributed by atoms with Gasteiger partial charge in [0.15, 0.2) is 0 Å². The van der Waals surface area contributed by atoms with E-state index in [0.29, 0.717) is 0 Å². The molecule has 1 unspecified atom stereocenters. The van der Waals surface area contributed by atoms with Gasteiger partial charge in [-0.15, -0.1) is 0 Å². The minimum absolute atomic E-state index is 0.131. The van der Waals surface area contributed by atoms with Gasteiger partial charge in [-0.2, -0.15) is 0 Å². The number of rotatable bonds is 2. The number of para-hydroxylation sites is 2. The predicted molar refractivity (Wildman–Crippen MR) is 169 cm³/mol. The van der Waals surface area contributed by atoms with E-state index in [1.165, 1.54) is 72.0 Å². The molecule has 0 bridgehead atoms. The average Bonchev–Trinajstić information content (AvgIpc) is 3.63.